The summed E-state index contributed by atoms with van der Waals surface area (Å²) < 4.78 is 5.46. The molecule has 18 heavy (non-hydrogen) atoms. The molecular formula is C13H17NO4. The highest BCUT2D eigenvalue weighted by atomic mass is 16.5. The second-order valence-corrected chi connectivity index (χ2v) is 3.68. The van der Waals surface area contributed by atoms with Gasteiger partial charge in [-0.1, -0.05) is 6.92 Å². The molecule has 0 saturated carbocycles. The van der Waals surface area contributed by atoms with E-state index in [1.54, 1.807) is 6.07 Å². The third-order valence-electron chi connectivity index (χ3n) is 2.55. The molecule has 0 saturated heterocycles. The molecular weight excluding hydrogens is 234 g/mol. The Morgan fingerprint density at radius 1 is 1.33 bits per heavy atom. The molecule has 2 N–H and O–H groups in total. The number of carboxylic acid groups (broad SMARTS) is 1. The summed E-state index contributed by atoms with van der Waals surface area (Å²) in [6, 6.07) is 2.88. The summed E-state index contributed by atoms with van der Waals surface area (Å²) in [5, 5.41) is 11.5. The molecule has 0 aliphatic heterocycles. The van der Waals surface area contributed by atoms with Crippen molar-refractivity contribution < 1.29 is 19.4 Å². The lowest BCUT2D eigenvalue weighted by atomic mass is 10.0. The summed E-state index contributed by atoms with van der Waals surface area (Å²) in [6.07, 6.45) is 0.598. The smallest absolute Gasteiger partial charge is 0.335 e. The molecule has 0 heterocycles. The number of benzene rings is 1. The first-order chi connectivity index (χ1) is 8.54. The Labute approximate surface area is 106 Å². The van der Waals surface area contributed by atoms with Gasteiger partial charge in [0.1, 0.15) is 5.75 Å². The van der Waals surface area contributed by atoms with Crippen LogP contribution in [0.4, 0.5) is 0 Å². The third kappa shape index (κ3) is 2.80. The van der Waals surface area contributed by atoms with E-state index in [0.717, 1.165) is 5.56 Å². The zero-order valence-electron chi connectivity index (χ0n) is 10.7. The van der Waals surface area contributed by atoms with Gasteiger partial charge in [0.15, 0.2) is 0 Å². The van der Waals surface area contributed by atoms with Gasteiger partial charge in [-0.05, 0) is 31.0 Å². The first kappa shape index (κ1) is 14.0. The van der Waals surface area contributed by atoms with Crippen LogP contribution in [0.25, 0.3) is 0 Å². The monoisotopic (exact) mass is 251 g/mol. The molecule has 0 spiro atoms. The predicted molar refractivity (Wildman–Crippen MR) is 67.3 cm³/mol. The Bertz CT molecular complexity index is 468. The van der Waals surface area contributed by atoms with Gasteiger partial charge in [0.05, 0.1) is 17.7 Å². The summed E-state index contributed by atoms with van der Waals surface area (Å²) in [5.74, 6) is -0.946. The van der Waals surface area contributed by atoms with Crippen LogP contribution in [0, 0.1) is 0 Å². The number of carbonyl (C=O) groups is 2. The average molecular weight is 251 g/mol. The molecule has 1 aromatic carbocycles. The molecule has 0 unspecified atom stereocenters. The molecule has 0 aliphatic rings. The summed E-state index contributed by atoms with van der Waals surface area (Å²) >= 11 is 0. The van der Waals surface area contributed by atoms with Crippen LogP contribution in [-0.4, -0.2) is 30.6 Å². The number of aromatic carboxylic acids is 1. The van der Waals surface area contributed by atoms with Crippen LogP contribution in [0.15, 0.2) is 12.1 Å². The number of amides is 1. The second kappa shape index (κ2) is 6.05. The van der Waals surface area contributed by atoms with E-state index in [-0.39, 0.29) is 17.0 Å². The Morgan fingerprint density at radius 2 is 2.00 bits per heavy atom. The summed E-state index contributed by atoms with van der Waals surface area (Å²) in [4.78, 5) is 22.8. The lowest BCUT2D eigenvalue weighted by molar-refractivity contribution is 0.0696. The van der Waals surface area contributed by atoms with Gasteiger partial charge < -0.3 is 15.2 Å². The number of hydrogen-bond acceptors (Lipinski definition) is 3. The average Bonchev–Trinajstić information content (AvgIpc) is 2.37. The molecule has 0 radical (unpaired) electrons. The van der Waals surface area contributed by atoms with Crippen LogP contribution in [0.3, 0.4) is 0 Å². The normalized spacial score (nSPS) is 9.94. The van der Waals surface area contributed by atoms with Crippen molar-refractivity contribution in [1.29, 1.82) is 0 Å². The molecule has 5 nitrogen and oxygen atoms in total. The van der Waals surface area contributed by atoms with Crippen molar-refractivity contribution >= 4 is 11.9 Å². The Balaban J connectivity index is 3.45. The van der Waals surface area contributed by atoms with Crippen LogP contribution >= 0.6 is 0 Å². The van der Waals surface area contributed by atoms with Gasteiger partial charge in [-0.2, -0.15) is 0 Å². The van der Waals surface area contributed by atoms with Gasteiger partial charge in [0, 0.05) is 7.05 Å². The fraction of sp³-hybridized carbons (Fsp3) is 0.385. The quantitative estimate of drug-likeness (QED) is 0.835. The van der Waals surface area contributed by atoms with Gasteiger partial charge in [0.2, 0.25) is 0 Å². The summed E-state index contributed by atoms with van der Waals surface area (Å²) in [6.45, 7) is 4.12. The predicted octanol–water partition coefficient (Wildman–Crippen LogP) is 1.71. The van der Waals surface area contributed by atoms with Crippen molar-refractivity contribution in [3.05, 3.63) is 28.8 Å². The van der Waals surface area contributed by atoms with Crippen molar-refractivity contribution in [2.24, 2.45) is 0 Å². The minimum Gasteiger partial charge on any atom is -0.493 e. The maximum atomic E-state index is 11.8. The second-order valence-electron chi connectivity index (χ2n) is 3.68. The lowest BCUT2D eigenvalue weighted by Crippen LogP contribution is -2.20. The van der Waals surface area contributed by atoms with Gasteiger partial charge in [0.25, 0.3) is 5.91 Å². The van der Waals surface area contributed by atoms with Gasteiger partial charge >= 0.3 is 5.97 Å². The molecule has 1 amide bonds. The van der Waals surface area contributed by atoms with Crippen molar-refractivity contribution in [2.75, 3.05) is 13.7 Å². The van der Waals surface area contributed by atoms with Crippen molar-refractivity contribution in [3.63, 3.8) is 0 Å². The van der Waals surface area contributed by atoms with E-state index in [0.29, 0.717) is 18.8 Å². The number of carbonyl (C=O) groups excluding carboxylic acids is 1. The lowest BCUT2D eigenvalue weighted by Gasteiger charge is -2.14. The SMILES string of the molecule is CCOc1c(CC)cc(C(=O)O)cc1C(=O)NC. The molecule has 0 bridgehead atoms. The van der Waals surface area contributed by atoms with E-state index in [2.05, 4.69) is 5.32 Å². The molecule has 1 aromatic rings. The van der Waals surface area contributed by atoms with Crippen LogP contribution in [0.1, 0.15) is 40.1 Å². The molecule has 98 valence electrons. The number of aryl methyl sites for hydroxylation is 1. The fourth-order valence-electron chi connectivity index (χ4n) is 1.69. The Hall–Kier alpha value is -2.04. The topological polar surface area (TPSA) is 75.6 Å². The number of nitrogens with one attached hydrogen (secondary N) is 1. The first-order valence-electron chi connectivity index (χ1n) is 5.80. The van der Waals surface area contributed by atoms with E-state index in [9.17, 15) is 9.59 Å². The highest BCUT2D eigenvalue weighted by molar-refractivity contribution is 6.00. The van der Waals surface area contributed by atoms with E-state index in [1.165, 1.54) is 13.1 Å². The number of rotatable bonds is 5. The minimum absolute atomic E-state index is 0.0916. The van der Waals surface area contributed by atoms with E-state index < -0.39 is 5.97 Å². The molecule has 5 heteroatoms. The highest BCUT2D eigenvalue weighted by Crippen LogP contribution is 2.27. The van der Waals surface area contributed by atoms with E-state index >= 15 is 0 Å². The fourth-order valence-corrected chi connectivity index (χ4v) is 1.69. The largest absolute Gasteiger partial charge is 0.493 e. The Kier molecular flexibility index (Phi) is 4.71. The number of ether oxygens (including phenoxy) is 1. The summed E-state index contributed by atoms with van der Waals surface area (Å²) in [5.41, 5.74) is 1.07. The van der Waals surface area contributed by atoms with Crippen molar-refractivity contribution in [3.8, 4) is 5.75 Å². The highest BCUT2D eigenvalue weighted by Gasteiger charge is 2.18. The number of hydrogen-bond donors (Lipinski definition) is 2. The molecule has 0 atom stereocenters. The zero-order valence-corrected chi connectivity index (χ0v) is 10.7. The van der Waals surface area contributed by atoms with Crippen LogP contribution < -0.4 is 10.1 Å². The standard InChI is InChI=1S/C13H17NO4/c1-4-8-6-9(13(16)17)7-10(12(15)14-3)11(8)18-5-2/h6-7H,4-5H2,1-3H3,(H,14,15)(H,16,17). The maximum Gasteiger partial charge on any atom is 0.335 e. The van der Waals surface area contributed by atoms with Crippen LogP contribution in [-0.2, 0) is 6.42 Å². The van der Waals surface area contributed by atoms with Crippen molar-refractivity contribution in [1.82, 2.24) is 5.32 Å². The van der Waals surface area contributed by atoms with E-state index in [4.69, 9.17) is 9.84 Å². The maximum absolute atomic E-state index is 11.8. The summed E-state index contributed by atoms with van der Waals surface area (Å²) in [7, 11) is 1.50. The third-order valence-corrected chi connectivity index (χ3v) is 2.55. The number of carboxylic acids is 1. The molecule has 0 aromatic heterocycles. The van der Waals surface area contributed by atoms with Gasteiger partial charge in [-0.3, -0.25) is 4.79 Å². The van der Waals surface area contributed by atoms with Crippen molar-refractivity contribution in [2.45, 2.75) is 20.3 Å². The Morgan fingerprint density at radius 3 is 2.44 bits per heavy atom. The zero-order chi connectivity index (χ0) is 13.7. The van der Waals surface area contributed by atoms with Gasteiger partial charge in [-0.25, -0.2) is 4.79 Å². The molecule has 0 fully saturated rings. The van der Waals surface area contributed by atoms with Crippen LogP contribution in [0.5, 0.6) is 5.75 Å². The van der Waals surface area contributed by atoms with Crippen LogP contribution in [0.2, 0.25) is 0 Å². The van der Waals surface area contributed by atoms with Gasteiger partial charge in [-0.15, -0.1) is 0 Å². The minimum atomic E-state index is -1.06. The van der Waals surface area contributed by atoms with E-state index in [1.807, 2.05) is 13.8 Å². The molecule has 0 aliphatic carbocycles. The first-order valence-corrected chi connectivity index (χ1v) is 5.80. The molecule has 1 rings (SSSR count).